The van der Waals surface area contributed by atoms with Gasteiger partial charge in [0, 0.05) is 6.54 Å². The molecule has 6 heteroatoms. The minimum Gasteiger partial charge on any atom is -0.493 e. The third kappa shape index (κ3) is 6.69. The number of nitrogens with one attached hydrogen (secondary N) is 1. The predicted octanol–water partition coefficient (Wildman–Crippen LogP) is 3.74. The fourth-order valence-corrected chi connectivity index (χ4v) is 3.65. The molecule has 1 N–H and O–H groups in total. The highest BCUT2D eigenvalue weighted by molar-refractivity contribution is 7.89. The van der Waals surface area contributed by atoms with E-state index in [4.69, 9.17) is 9.47 Å². The lowest BCUT2D eigenvalue weighted by Crippen LogP contribution is -2.26. The molecule has 0 saturated heterocycles. The Balaban J connectivity index is 1.97. The first kappa shape index (κ1) is 20.3. The SMILES string of the molecule is COc1cc(CNS(=O)(=O)CCC(C)C)ccc1OCc1ccccc1. The van der Waals surface area contributed by atoms with Crippen molar-refractivity contribution in [2.45, 2.75) is 33.4 Å². The molecule has 0 amide bonds. The predicted molar refractivity (Wildman–Crippen MR) is 104 cm³/mol. The van der Waals surface area contributed by atoms with Crippen LogP contribution in [0.3, 0.4) is 0 Å². The van der Waals surface area contributed by atoms with Gasteiger partial charge in [0.25, 0.3) is 0 Å². The van der Waals surface area contributed by atoms with Gasteiger partial charge in [-0.05, 0) is 35.6 Å². The van der Waals surface area contributed by atoms with E-state index >= 15 is 0 Å². The van der Waals surface area contributed by atoms with E-state index in [9.17, 15) is 8.42 Å². The average molecular weight is 378 g/mol. The van der Waals surface area contributed by atoms with Gasteiger partial charge in [0.2, 0.25) is 10.0 Å². The first-order valence-electron chi connectivity index (χ1n) is 8.70. The summed E-state index contributed by atoms with van der Waals surface area (Å²) in [5, 5.41) is 0. The van der Waals surface area contributed by atoms with Crippen LogP contribution >= 0.6 is 0 Å². The smallest absolute Gasteiger partial charge is 0.211 e. The van der Waals surface area contributed by atoms with Crippen LogP contribution in [-0.4, -0.2) is 21.3 Å². The summed E-state index contributed by atoms with van der Waals surface area (Å²) < 4.78 is 37.9. The number of rotatable bonds is 10. The van der Waals surface area contributed by atoms with E-state index in [0.29, 0.717) is 30.4 Å². The number of ether oxygens (including phenoxy) is 2. The summed E-state index contributed by atoms with van der Waals surface area (Å²) in [6, 6.07) is 15.3. The van der Waals surface area contributed by atoms with Crippen LogP contribution in [0.15, 0.2) is 48.5 Å². The lowest BCUT2D eigenvalue weighted by molar-refractivity contribution is 0.284. The highest BCUT2D eigenvalue weighted by atomic mass is 32.2. The van der Waals surface area contributed by atoms with Gasteiger partial charge in [0.1, 0.15) is 6.61 Å². The Morgan fingerprint density at radius 2 is 1.73 bits per heavy atom. The van der Waals surface area contributed by atoms with Crippen LogP contribution in [0.5, 0.6) is 11.5 Å². The van der Waals surface area contributed by atoms with Crippen molar-refractivity contribution < 1.29 is 17.9 Å². The molecule has 5 nitrogen and oxygen atoms in total. The zero-order valence-electron chi connectivity index (χ0n) is 15.6. The van der Waals surface area contributed by atoms with E-state index in [-0.39, 0.29) is 12.3 Å². The summed E-state index contributed by atoms with van der Waals surface area (Å²) in [6.45, 7) is 4.69. The van der Waals surface area contributed by atoms with Gasteiger partial charge >= 0.3 is 0 Å². The van der Waals surface area contributed by atoms with E-state index < -0.39 is 10.0 Å². The van der Waals surface area contributed by atoms with Crippen LogP contribution in [0.2, 0.25) is 0 Å². The molecule has 0 aromatic heterocycles. The molecule has 2 rings (SSSR count). The van der Waals surface area contributed by atoms with E-state index in [0.717, 1.165) is 11.1 Å². The molecule has 0 fully saturated rings. The lowest BCUT2D eigenvalue weighted by Gasteiger charge is -2.13. The number of benzene rings is 2. The van der Waals surface area contributed by atoms with Crippen molar-refractivity contribution in [3.05, 3.63) is 59.7 Å². The Hall–Kier alpha value is -2.05. The van der Waals surface area contributed by atoms with Crippen LogP contribution in [0.25, 0.3) is 0 Å². The summed E-state index contributed by atoms with van der Waals surface area (Å²) in [6.07, 6.45) is 0.644. The van der Waals surface area contributed by atoms with Gasteiger partial charge in [-0.2, -0.15) is 0 Å². The normalized spacial score (nSPS) is 11.5. The van der Waals surface area contributed by atoms with E-state index in [1.54, 1.807) is 19.2 Å². The van der Waals surface area contributed by atoms with Gasteiger partial charge in [0.05, 0.1) is 12.9 Å². The second-order valence-corrected chi connectivity index (χ2v) is 8.51. The van der Waals surface area contributed by atoms with E-state index in [1.165, 1.54) is 0 Å². The van der Waals surface area contributed by atoms with Crippen molar-refractivity contribution in [1.82, 2.24) is 4.72 Å². The third-order valence-electron chi connectivity index (χ3n) is 3.93. The van der Waals surface area contributed by atoms with Crippen molar-refractivity contribution in [3.8, 4) is 11.5 Å². The third-order valence-corrected chi connectivity index (χ3v) is 5.28. The summed E-state index contributed by atoms with van der Waals surface area (Å²) in [4.78, 5) is 0. The molecule has 0 atom stereocenters. The molecule has 0 aliphatic heterocycles. The molecular weight excluding hydrogens is 350 g/mol. The summed E-state index contributed by atoms with van der Waals surface area (Å²) in [5.41, 5.74) is 1.89. The minimum atomic E-state index is -3.27. The molecular formula is C20H27NO4S. The van der Waals surface area contributed by atoms with Gasteiger partial charge in [-0.1, -0.05) is 50.2 Å². The maximum Gasteiger partial charge on any atom is 0.211 e. The molecule has 0 heterocycles. The van der Waals surface area contributed by atoms with Crippen LogP contribution in [0, 0.1) is 5.92 Å². The lowest BCUT2D eigenvalue weighted by atomic mass is 10.2. The van der Waals surface area contributed by atoms with E-state index in [2.05, 4.69) is 4.72 Å². The summed E-state index contributed by atoms with van der Waals surface area (Å²) >= 11 is 0. The van der Waals surface area contributed by atoms with Crippen LogP contribution in [-0.2, 0) is 23.2 Å². The Morgan fingerprint density at radius 3 is 2.38 bits per heavy atom. The van der Waals surface area contributed by atoms with Gasteiger partial charge in [0.15, 0.2) is 11.5 Å². The van der Waals surface area contributed by atoms with Gasteiger partial charge < -0.3 is 9.47 Å². The van der Waals surface area contributed by atoms with Crippen molar-refractivity contribution in [3.63, 3.8) is 0 Å². The minimum absolute atomic E-state index is 0.139. The first-order valence-corrected chi connectivity index (χ1v) is 10.4. The van der Waals surface area contributed by atoms with Gasteiger partial charge in [-0.15, -0.1) is 0 Å². The molecule has 142 valence electrons. The zero-order chi connectivity index (χ0) is 19.0. The summed E-state index contributed by atoms with van der Waals surface area (Å²) in [7, 11) is -1.70. The van der Waals surface area contributed by atoms with Crippen molar-refractivity contribution in [1.29, 1.82) is 0 Å². The van der Waals surface area contributed by atoms with Crippen molar-refractivity contribution >= 4 is 10.0 Å². The van der Waals surface area contributed by atoms with Crippen molar-refractivity contribution in [2.24, 2.45) is 5.92 Å². The molecule has 0 radical (unpaired) electrons. The topological polar surface area (TPSA) is 64.6 Å². The molecule has 0 saturated carbocycles. The Bertz CT molecular complexity index is 789. The highest BCUT2D eigenvalue weighted by Crippen LogP contribution is 2.29. The second kappa shape index (κ2) is 9.59. The molecule has 0 aliphatic rings. The zero-order valence-corrected chi connectivity index (χ0v) is 16.4. The molecule has 2 aromatic carbocycles. The Morgan fingerprint density at radius 1 is 1.00 bits per heavy atom. The molecule has 2 aromatic rings. The largest absolute Gasteiger partial charge is 0.493 e. The summed E-state index contributed by atoms with van der Waals surface area (Å²) in [5.74, 6) is 1.70. The van der Waals surface area contributed by atoms with Crippen LogP contribution in [0.1, 0.15) is 31.4 Å². The first-order chi connectivity index (χ1) is 12.4. The number of sulfonamides is 1. The molecule has 0 aliphatic carbocycles. The molecule has 0 unspecified atom stereocenters. The van der Waals surface area contributed by atoms with Gasteiger partial charge in [-0.3, -0.25) is 0 Å². The monoisotopic (exact) mass is 377 g/mol. The quantitative estimate of drug-likeness (QED) is 0.685. The fourth-order valence-electron chi connectivity index (χ4n) is 2.33. The van der Waals surface area contributed by atoms with Crippen LogP contribution < -0.4 is 14.2 Å². The molecule has 0 bridgehead atoms. The van der Waals surface area contributed by atoms with Crippen molar-refractivity contribution in [2.75, 3.05) is 12.9 Å². The molecule has 26 heavy (non-hydrogen) atoms. The fraction of sp³-hybridized carbons (Fsp3) is 0.400. The Labute approximate surface area is 156 Å². The number of hydrogen-bond donors (Lipinski definition) is 1. The highest BCUT2D eigenvalue weighted by Gasteiger charge is 2.12. The number of hydrogen-bond acceptors (Lipinski definition) is 4. The average Bonchev–Trinajstić information content (AvgIpc) is 2.64. The van der Waals surface area contributed by atoms with E-state index in [1.807, 2.05) is 50.2 Å². The second-order valence-electron chi connectivity index (χ2n) is 6.58. The Kier molecular flexibility index (Phi) is 7.48. The molecule has 0 spiro atoms. The maximum atomic E-state index is 12.0. The maximum absolute atomic E-state index is 12.0. The van der Waals surface area contributed by atoms with Gasteiger partial charge in [-0.25, -0.2) is 13.1 Å². The van der Waals surface area contributed by atoms with Crippen LogP contribution in [0.4, 0.5) is 0 Å². The standard InChI is InChI=1S/C20H27NO4S/c1-16(2)11-12-26(22,23)21-14-18-9-10-19(20(13-18)24-3)25-15-17-7-5-4-6-8-17/h4-10,13,16,21H,11-12,14-15H2,1-3H3. The number of methoxy groups -OCH3 is 1.